The van der Waals surface area contributed by atoms with Crippen LogP contribution in [0, 0.1) is 17.5 Å². The Morgan fingerprint density at radius 1 is 0.778 bits per heavy atom. The molecule has 5 nitrogen and oxygen atoms in total. The van der Waals surface area contributed by atoms with Crippen molar-refractivity contribution in [2.75, 3.05) is 10.6 Å². The molecule has 0 saturated carbocycles. The Labute approximate surface area is 151 Å². The number of nitrogens with zero attached hydrogens (tertiary/aromatic N) is 1. The third-order valence-corrected chi connectivity index (χ3v) is 3.60. The molecule has 3 rings (SSSR count). The minimum absolute atomic E-state index is 0.281. The first-order chi connectivity index (χ1) is 13.0. The fourth-order valence-corrected chi connectivity index (χ4v) is 2.24. The minimum Gasteiger partial charge on any atom is -0.322 e. The number of carbonyl (C=O) groups excluding carboxylic acids is 2. The highest BCUT2D eigenvalue weighted by molar-refractivity contribution is 6.05. The van der Waals surface area contributed by atoms with Crippen molar-refractivity contribution in [3.8, 4) is 0 Å². The van der Waals surface area contributed by atoms with E-state index in [4.69, 9.17) is 0 Å². The first kappa shape index (κ1) is 18.1. The molecule has 0 aliphatic carbocycles. The van der Waals surface area contributed by atoms with Gasteiger partial charge in [0.15, 0.2) is 17.5 Å². The van der Waals surface area contributed by atoms with Gasteiger partial charge in [-0.15, -0.1) is 0 Å². The summed E-state index contributed by atoms with van der Waals surface area (Å²) in [6.45, 7) is 0. The molecule has 0 bridgehead atoms. The van der Waals surface area contributed by atoms with Crippen molar-refractivity contribution in [2.24, 2.45) is 0 Å². The van der Waals surface area contributed by atoms with Gasteiger partial charge in [-0.1, -0.05) is 0 Å². The summed E-state index contributed by atoms with van der Waals surface area (Å²) in [7, 11) is 0. The lowest BCUT2D eigenvalue weighted by molar-refractivity contribution is 0.101. The topological polar surface area (TPSA) is 71.1 Å². The van der Waals surface area contributed by atoms with E-state index < -0.39 is 28.9 Å². The molecular weight excluding hydrogens is 359 g/mol. The molecule has 2 amide bonds. The van der Waals surface area contributed by atoms with Crippen LogP contribution in [0.4, 0.5) is 24.5 Å². The van der Waals surface area contributed by atoms with Gasteiger partial charge in [-0.3, -0.25) is 14.6 Å². The Kier molecular flexibility index (Phi) is 5.16. The maximum absolute atomic E-state index is 13.7. The molecular formula is C19H12F3N3O2. The van der Waals surface area contributed by atoms with Crippen LogP contribution in [0.1, 0.15) is 20.7 Å². The molecule has 27 heavy (non-hydrogen) atoms. The first-order valence-electron chi connectivity index (χ1n) is 7.72. The average Bonchev–Trinajstić information content (AvgIpc) is 2.68. The van der Waals surface area contributed by atoms with Crippen LogP contribution in [0.3, 0.4) is 0 Å². The van der Waals surface area contributed by atoms with Crippen molar-refractivity contribution in [2.45, 2.75) is 0 Å². The fraction of sp³-hybridized carbons (Fsp3) is 0. The van der Waals surface area contributed by atoms with Gasteiger partial charge in [0.05, 0.1) is 11.1 Å². The zero-order valence-corrected chi connectivity index (χ0v) is 13.7. The van der Waals surface area contributed by atoms with E-state index in [2.05, 4.69) is 15.6 Å². The fourth-order valence-electron chi connectivity index (χ4n) is 2.24. The van der Waals surface area contributed by atoms with Crippen LogP contribution < -0.4 is 10.6 Å². The predicted molar refractivity (Wildman–Crippen MR) is 92.9 cm³/mol. The van der Waals surface area contributed by atoms with E-state index in [-0.39, 0.29) is 11.6 Å². The second kappa shape index (κ2) is 7.69. The number of halogens is 3. The molecule has 0 aliphatic heterocycles. The summed E-state index contributed by atoms with van der Waals surface area (Å²) in [5.74, 6) is -5.94. The normalized spacial score (nSPS) is 10.3. The van der Waals surface area contributed by atoms with Crippen LogP contribution >= 0.6 is 0 Å². The summed E-state index contributed by atoms with van der Waals surface area (Å²) in [5.41, 5.74) is 0.496. The summed E-state index contributed by atoms with van der Waals surface area (Å²) in [6.07, 6.45) is 2.96. The summed E-state index contributed by atoms with van der Waals surface area (Å²) in [5, 5.41) is 5.02. The predicted octanol–water partition coefficient (Wildman–Crippen LogP) is 4.00. The Balaban J connectivity index is 1.68. The second-order valence-electron chi connectivity index (χ2n) is 5.45. The number of carbonyl (C=O) groups is 2. The third kappa shape index (κ3) is 4.12. The highest BCUT2D eigenvalue weighted by Crippen LogP contribution is 2.19. The van der Waals surface area contributed by atoms with Gasteiger partial charge >= 0.3 is 0 Å². The summed E-state index contributed by atoms with van der Waals surface area (Å²) in [4.78, 5) is 27.9. The largest absolute Gasteiger partial charge is 0.322 e. The van der Waals surface area contributed by atoms with Gasteiger partial charge in [-0.25, -0.2) is 13.2 Å². The molecule has 8 heteroatoms. The number of anilines is 2. The van der Waals surface area contributed by atoms with Gasteiger partial charge < -0.3 is 10.6 Å². The van der Waals surface area contributed by atoms with E-state index >= 15 is 0 Å². The number of hydrogen-bond acceptors (Lipinski definition) is 3. The molecule has 2 aromatic carbocycles. The number of aromatic nitrogens is 1. The maximum atomic E-state index is 13.7. The van der Waals surface area contributed by atoms with Crippen LogP contribution in [0.15, 0.2) is 60.9 Å². The molecule has 0 atom stereocenters. The number of rotatable bonds is 4. The number of amides is 2. The van der Waals surface area contributed by atoms with Crippen LogP contribution in [-0.4, -0.2) is 16.8 Å². The molecule has 0 radical (unpaired) electrons. The van der Waals surface area contributed by atoms with Gasteiger partial charge in [0, 0.05) is 23.8 Å². The molecule has 0 fully saturated rings. The van der Waals surface area contributed by atoms with Crippen LogP contribution in [0.5, 0.6) is 0 Å². The first-order valence-corrected chi connectivity index (χ1v) is 7.72. The molecule has 0 spiro atoms. The highest BCUT2D eigenvalue weighted by Gasteiger charge is 2.18. The molecule has 0 saturated heterocycles. The van der Waals surface area contributed by atoms with E-state index in [1.54, 1.807) is 18.3 Å². The van der Waals surface area contributed by atoms with Gasteiger partial charge in [-0.2, -0.15) is 0 Å². The molecule has 136 valence electrons. The molecule has 3 aromatic rings. The van der Waals surface area contributed by atoms with E-state index in [0.29, 0.717) is 17.3 Å². The van der Waals surface area contributed by atoms with Crippen molar-refractivity contribution in [3.05, 3.63) is 89.5 Å². The van der Waals surface area contributed by atoms with E-state index in [0.717, 1.165) is 6.07 Å². The zero-order valence-electron chi connectivity index (χ0n) is 13.7. The minimum atomic E-state index is -1.71. The number of hydrogen-bond donors (Lipinski definition) is 2. The average molecular weight is 371 g/mol. The van der Waals surface area contributed by atoms with Gasteiger partial charge in [-0.05, 0) is 48.5 Å². The van der Waals surface area contributed by atoms with E-state index in [9.17, 15) is 22.8 Å². The van der Waals surface area contributed by atoms with Crippen LogP contribution in [0.2, 0.25) is 0 Å². The van der Waals surface area contributed by atoms with Crippen molar-refractivity contribution in [1.29, 1.82) is 0 Å². The lowest BCUT2D eigenvalue weighted by atomic mass is 10.1. The van der Waals surface area contributed by atoms with Crippen LogP contribution in [0.25, 0.3) is 0 Å². The molecule has 1 heterocycles. The summed E-state index contributed by atoms with van der Waals surface area (Å²) in [6, 6.07) is 10.7. The number of nitrogens with one attached hydrogen (secondary N) is 2. The molecule has 1 aromatic heterocycles. The summed E-state index contributed by atoms with van der Waals surface area (Å²) < 4.78 is 39.8. The number of pyridine rings is 1. The highest BCUT2D eigenvalue weighted by atomic mass is 19.2. The molecule has 2 N–H and O–H groups in total. The number of benzene rings is 2. The lowest BCUT2D eigenvalue weighted by Gasteiger charge is -2.09. The Morgan fingerprint density at radius 3 is 2.00 bits per heavy atom. The van der Waals surface area contributed by atoms with Gasteiger partial charge in [0.25, 0.3) is 11.8 Å². The van der Waals surface area contributed by atoms with Crippen molar-refractivity contribution < 1.29 is 22.8 Å². The van der Waals surface area contributed by atoms with Crippen molar-refractivity contribution in [3.63, 3.8) is 0 Å². The van der Waals surface area contributed by atoms with E-state index in [1.807, 2.05) is 0 Å². The third-order valence-electron chi connectivity index (χ3n) is 3.60. The second-order valence-corrected chi connectivity index (χ2v) is 5.45. The monoisotopic (exact) mass is 371 g/mol. The van der Waals surface area contributed by atoms with Gasteiger partial charge in [0.2, 0.25) is 0 Å². The van der Waals surface area contributed by atoms with Crippen LogP contribution in [-0.2, 0) is 0 Å². The summed E-state index contributed by atoms with van der Waals surface area (Å²) >= 11 is 0. The Morgan fingerprint density at radius 2 is 1.41 bits per heavy atom. The zero-order chi connectivity index (χ0) is 19.4. The Bertz CT molecular complexity index is 993. The van der Waals surface area contributed by atoms with Crippen molar-refractivity contribution in [1.82, 2.24) is 4.98 Å². The Hall–Kier alpha value is -3.68. The molecule has 0 unspecified atom stereocenters. The standard InChI is InChI=1S/C19H12F3N3O2/c20-15-8-7-14(16(21)17(15)22)19(27)25-13-5-3-12(4-6-13)24-18(26)11-2-1-9-23-10-11/h1-10H,(H,24,26)(H,25,27). The van der Waals surface area contributed by atoms with E-state index in [1.165, 1.54) is 30.5 Å². The smallest absolute Gasteiger partial charge is 0.258 e. The van der Waals surface area contributed by atoms with Gasteiger partial charge in [0.1, 0.15) is 0 Å². The molecule has 0 aliphatic rings. The quantitative estimate of drug-likeness (QED) is 0.681. The van der Waals surface area contributed by atoms with Crippen molar-refractivity contribution >= 4 is 23.2 Å². The SMILES string of the molecule is O=C(Nc1ccc(NC(=O)c2ccc(F)c(F)c2F)cc1)c1cccnc1. The maximum Gasteiger partial charge on any atom is 0.258 e. The lowest BCUT2D eigenvalue weighted by Crippen LogP contribution is -2.15.